The summed E-state index contributed by atoms with van der Waals surface area (Å²) in [5.74, 6) is -0.656. The Balaban J connectivity index is 1.74. The van der Waals surface area contributed by atoms with Crippen LogP contribution in [-0.4, -0.2) is 18.4 Å². The second-order valence-corrected chi connectivity index (χ2v) is 7.54. The molecular formula is C17H13N3O5S. The smallest absolute Gasteiger partial charge is 0.408 e. The van der Waals surface area contributed by atoms with Gasteiger partial charge < -0.3 is 9.40 Å². The van der Waals surface area contributed by atoms with Gasteiger partial charge in [0.1, 0.15) is 0 Å². The first-order valence-corrected chi connectivity index (χ1v) is 9.09. The van der Waals surface area contributed by atoms with Crippen LogP contribution in [-0.2, 0) is 10.0 Å². The summed E-state index contributed by atoms with van der Waals surface area (Å²) in [5.41, 5.74) is 1.72. The number of benzene rings is 2. The van der Waals surface area contributed by atoms with E-state index in [1.165, 1.54) is 18.2 Å². The number of aromatic nitrogens is 2. The van der Waals surface area contributed by atoms with Gasteiger partial charge in [-0.25, -0.2) is 13.2 Å². The van der Waals surface area contributed by atoms with Gasteiger partial charge in [-0.05, 0) is 42.6 Å². The first-order chi connectivity index (χ1) is 12.3. The standard InChI is InChI=1S/C17H13N3O5S/c1-9-6-10-2-3-11(7-14(10)18-16(9)21)20-26(23,24)12-4-5-13-15(8-12)25-17(22)19-13/h2-8,20H,1H3,(H,18,21)(H,19,22). The van der Waals surface area contributed by atoms with Crippen LogP contribution in [0.25, 0.3) is 22.0 Å². The molecular weight excluding hydrogens is 358 g/mol. The molecule has 0 saturated heterocycles. The normalized spacial score (nSPS) is 11.9. The van der Waals surface area contributed by atoms with Crippen LogP contribution in [0.1, 0.15) is 5.56 Å². The number of oxazole rings is 1. The van der Waals surface area contributed by atoms with Gasteiger partial charge in [0.05, 0.1) is 21.6 Å². The molecule has 0 fully saturated rings. The molecule has 0 amide bonds. The summed E-state index contributed by atoms with van der Waals surface area (Å²) in [6, 6.07) is 10.7. The maximum absolute atomic E-state index is 12.6. The van der Waals surface area contributed by atoms with Gasteiger partial charge in [-0.2, -0.15) is 0 Å². The van der Waals surface area contributed by atoms with E-state index in [-0.39, 0.29) is 16.0 Å². The second kappa shape index (κ2) is 5.60. The lowest BCUT2D eigenvalue weighted by Gasteiger charge is -2.09. The van der Waals surface area contributed by atoms with Gasteiger partial charge in [0, 0.05) is 11.6 Å². The van der Waals surface area contributed by atoms with Gasteiger partial charge in [0.25, 0.3) is 15.6 Å². The van der Waals surface area contributed by atoms with Crippen molar-refractivity contribution >= 4 is 37.7 Å². The highest BCUT2D eigenvalue weighted by Gasteiger charge is 2.16. The first kappa shape index (κ1) is 16.2. The Morgan fingerprint density at radius 1 is 0.962 bits per heavy atom. The number of pyridine rings is 1. The predicted molar refractivity (Wildman–Crippen MR) is 96.9 cm³/mol. The molecule has 4 aromatic rings. The van der Waals surface area contributed by atoms with Gasteiger partial charge in [0.15, 0.2) is 5.58 Å². The molecule has 26 heavy (non-hydrogen) atoms. The minimum absolute atomic E-state index is 0.0507. The molecule has 0 radical (unpaired) electrons. The molecule has 2 aromatic carbocycles. The summed E-state index contributed by atoms with van der Waals surface area (Å²) < 4.78 is 32.5. The number of rotatable bonds is 3. The molecule has 132 valence electrons. The minimum atomic E-state index is -3.90. The number of aromatic amines is 2. The maximum Gasteiger partial charge on any atom is 0.417 e. The molecule has 0 saturated carbocycles. The van der Waals surface area contributed by atoms with E-state index in [9.17, 15) is 18.0 Å². The zero-order valence-electron chi connectivity index (χ0n) is 13.5. The van der Waals surface area contributed by atoms with Crippen LogP contribution in [0.5, 0.6) is 0 Å². The fourth-order valence-corrected chi connectivity index (χ4v) is 3.75. The summed E-state index contributed by atoms with van der Waals surface area (Å²) in [6.07, 6.45) is 0. The molecule has 8 nitrogen and oxygen atoms in total. The van der Waals surface area contributed by atoms with Crippen LogP contribution in [0, 0.1) is 6.92 Å². The third-order valence-electron chi connectivity index (χ3n) is 3.99. The Morgan fingerprint density at radius 2 is 1.77 bits per heavy atom. The molecule has 0 bridgehead atoms. The van der Waals surface area contributed by atoms with E-state index in [1.54, 1.807) is 31.2 Å². The number of nitrogens with one attached hydrogen (secondary N) is 3. The van der Waals surface area contributed by atoms with Crippen molar-refractivity contribution in [3.8, 4) is 0 Å². The molecule has 0 spiro atoms. The maximum atomic E-state index is 12.6. The van der Waals surface area contributed by atoms with Crippen molar-refractivity contribution in [1.82, 2.24) is 9.97 Å². The lowest BCUT2D eigenvalue weighted by molar-refractivity contribution is 0.554. The summed E-state index contributed by atoms with van der Waals surface area (Å²) in [7, 11) is -3.90. The molecule has 4 rings (SSSR count). The topological polar surface area (TPSA) is 125 Å². The van der Waals surface area contributed by atoms with E-state index in [0.717, 1.165) is 5.39 Å². The summed E-state index contributed by atoms with van der Waals surface area (Å²) in [6.45, 7) is 1.70. The molecule has 0 aliphatic heterocycles. The lowest BCUT2D eigenvalue weighted by atomic mass is 10.1. The molecule has 2 heterocycles. The van der Waals surface area contributed by atoms with Crippen molar-refractivity contribution < 1.29 is 12.8 Å². The number of fused-ring (bicyclic) bond motifs is 2. The van der Waals surface area contributed by atoms with E-state index in [4.69, 9.17) is 4.42 Å². The second-order valence-electron chi connectivity index (χ2n) is 5.86. The molecule has 0 unspecified atom stereocenters. The van der Waals surface area contributed by atoms with Gasteiger partial charge in [-0.3, -0.25) is 14.5 Å². The monoisotopic (exact) mass is 371 g/mol. The van der Waals surface area contributed by atoms with Gasteiger partial charge in [0.2, 0.25) is 0 Å². The van der Waals surface area contributed by atoms with E-state index < -0.39 is 15.8 Å². The highest BCUT2D eigenvalue weighted by atomic mass is 32.2. The fourth-order valence-electron chi connectivity index (χ4n) is 2.68. The highest BCUT2D eigenvalue weighted by Crippen LogP contribution is 2.22. The lowest BCUT2D eigenvalue weighted by Crippen LogP contribution is -2.13. The third-order valence-corrected chi connectivity index (χ3v) is 5.37. The van der Waals surface area contributed by atoms with Crippen molar-refractivity contribution in [2.45, 2.75) is 11.8 Å². The Labute approximate surface area is 146 Å². The molecule has 0 aliphatic rings. The van der Waals surface area contributed by atoms with E-state index in [0.29, 0.717) is 22.3 Å². The highest BCUT2D eigenvalue weighted by molar-refractivity contribution is 7.92. The van der Waals surface area contributed by atoms with Crippen molar-refractivity contribution in [2.24, 2.45) is 0 Å². The Kier molecular flexibility index (Phi) is 3.48. The average Bonchev–Trinajstić information content (AvgIpc) is 2.95. The zero-order valence-corrected chi connectivity index (χ0v) is 14.3. The van der Waals surface area contributed by atoms with Crippen molar-refractivity contribution in [1.29, 1.82) is 0 Å². The SMILES string of the molecule is Cc1cc2ccc(NS(=O)(=O)c3ccc4[nH]c(=O)oc4c3)cc2[nH]c1=O. The zero-order chi connectivity index (χ0) is 18.5. The van der Waals surface area contributed by atoms with E-state index in [2.05, 4.69) is 14.7 Å². The summed E-state index contributed by atoms with van der Waals surface area (Å²) >= 11 is 0. The number of sulfonamides is 1. The Hall–Kier alpha value is -3.33. The van der Waals surface area contributed by atoms with Crippen LogP contribution in [0.3, 0.4) is 0 Å². The number of anilines is 1. The number of hydrogen-bond acceptors (Lipinski definition) is 5. The number of aryl methyl sites for hydroxylation is 1. The molecule has 3 N–H and O–H groups in total. The Morgan fingerprint density at radius 3 is 2.58 bits per heavy atom. The summed E-state index contributed by atoms with van der Waals surface area (Å²) in [4.78, 5) is 28.0. The molecule has 2 aromatic heterocycles. The average molecular weight is 371 g/mol. The van der Waals surface area contributed by atoms with Crippen LogP contribution in [0.4, 0.5) is 5.69 Å². The van der Waals surface area contributed by atoms with E-state index >= 15 is 0 Å². The Bertz CT molecular complexity index is 1380. The minimum Gasteiger partial charge on any atom is -0.408 e. The van der Waals surface area contributed by atoms with Gasteiger partial charge in [-0.1, -0.05) is 6.07 Å². The molecule has 9 heteroatoms. The summed E-state index contributed by atoms with van der Waals surface area (Å²) in [5, 5.41) is 0.792. The van der Waals surface area contributed by atoms with Crippen molar-refractivity contribution in [3.05, 3.63) is 68.9 Å². The number of H-pyrrole nitrogens is 2. The number of hydrogen-bond donors (Lipinski definition) is 3. The quantitative estimate of drug-likeness (QED) is 0.508. The molecule has 0 aliphatic carbocycles. The van der Waals surface area contributed by atoms with Crippen LogP contribution in [0.15, 0.2) is 61.4 Å². The van der Waals surface area contributed by atoms with Crippen molar-refractivity contribution in [3.63, 3.8) is 0 Å². The predicted octanol–water partition coefficient (Wildman–Crippen LogP) is 2.07. The van der Waals surface area contributed by atoms with E-state index in [1.807, 2.05) is 0 Å². The van der Waals surface area contributed by atoms with Crippen LogP contribution in [0.2, 0.25) is 0 Å². The van der Waals surface area contributed by atoms with Gasteiger partial charge >= 0.3 is 5.76 Å². The van der Waals surface area contributed by atoms with Gasteiger partial charge in [-0.15, -0.1) is 0 Å². The first-order valence-electron chi connectivity index (χ1n) is 7.61. The largest absolute Gasteiger partial charge is 0.417 e. The molecule has 0 atom stereocenters. The van der Waals surface area contributed by atoms with Crippen molar-refractivity contribution in [2.75, 3.05) is 4.72 Å². The van der Waals surface area contributed by atoms with Crippen LogP contribution >= 0.6 is 0 Å². The fraction of sp³-hybridized carbons (Fsp3) is 0.0588. The third kappa shape index (κ3) is 2.78. The van der Waals surface area contributed by atoms with Crippen LogP contribution < -0.4 is 16.0 Å².